The van der Waals surface area contributed by atoms with E-state index in [9.17, 15) is 19.0 Å². The molecule has 0 aromatic rings. The van der Waals surface area contributed by atoms with E-state index in [1.807, 2.05) is 27.7 Å². The Morgan fingerprint density at radius 2 is 1.10 bits per heavy atom. The van der Waals surface area contributed by atoms with Gasteiger partial charge in [-0.1, -0.05) is 55.4 Å². The third-order valence-corrected chi connectivity index (χ3v) is 4.35. The summed E-state index contributed by atoms with van der Waals surface area (Å²) in [7, 11) is -4.94. The van der Waals surface area contributed by atoms with Crippen molar-refractivity contribution in [2.24, 2.45) is 23.7 Å². The molecule has 0 aliphatic carbocycles. The van der Waals surface area contributed by atoms with Gasteiger partial charge in [-0.2, -0.15) is 0 Å². The second kappa shape index (κ2) is 13.8. The standard InChI is InChI=1S/C20H37O9P/c1-13(2)9-25-17(19(21)26-10-14(3)4)18(20(22)27-11-15(5)6)30(23,24)29-28-12-16(7)8/h13-16H,9-12H2,1-8H3,(H,23,24)/b18-17-. The summed E-state index contributed by atoms with van der Waals surface area (Å²) in [6, 6.07) is 0. The number of esters is 2. The third kappa shape index (κ3) is 11.7. The summed E-state index contributed by atoms with van der Waals surface area (Å²) < 4.78 is 33.2. The zero-order valence-electron chi connectivity index (χ0n) is 19.3. The summed E-state index contributed by atoms with van der Waals surface area (Å²) in [4.78, 5) is 40.6. The van der Waals surface area contributed by atoms with Gasteiger partial charge < -0.3 is 19.1 Å². The zero-order valence-corrected chi connectivity index (χ0v) is 20.2. The maximum atomic E-state index is 12.9. The first-order valence-corrected chi connectivity index (χ1v) is 11.7. The van der Waals surface area contributed by atoms with Gasteiger partial charge in [0.05, 0.1) is 26.4 Å². The van der Waals surface area contributed by atoms with Crippen LogP contribution >= 0.6 is 7.60 Å². The van der Waals surface area contributed by atoms with Crippen molar-refractivity contribution in [3.05, 3.63) is 11.1 Å². The molecule has 0 radical (unpaired) electrons. The smallest absolute Gasteiger partial charge is 0.397 e. The van der Waals surface area contributed by atoms with Crippen LogP contribution in [0.5, 0.6) is 0 Å². The molecule has 0 spiro atoms. The fourth-order valence-corrected chi connectivity index (χ4v) is 2.69. The average Bonchev–Trinajstić information content (AvgIpc) is 2.60. The molecule has 9 nitrogen and oxygen atoms in total. The van der Waals surface area contributed by atoms with Gasteiger partial charge in [-0.3, -0.25) is 4.57 Å². The molecule has 0 bridgehead atoms. The van der Waals surface area contributed by atoms with Crippen LogP contribution in [-0.4, -0.2) is 43.3 Å². The van der Waals surface area contributed by atoms with Crippen molar-refractivity contribution in [3.63, 3.8) is 0 Å². The Labute approximate surface area is 179 Å². The summed E-state index contributed by atoms with van der Waals surface area (Å²) in [6.45, 7) is 14.5. The van der Waals surface area contributed by atoms with Crippen LogP contribution in [0.4, 0.5) is 0 Å². The SMILES string of the molecule is CC(C)COOP(=O)(O)/C(C(=O)OCC(C)C)=C(\OCC(C)C)C(=O)OCC(C)C. The molecule has 30 heavy (non-hydrogen) atoms. The maximum absolute atomic E-state index is 12.9. The van der Waals surface area contributed by atoms with E-state index in [4.69, 9.17) is 19.1 Å². The monoisotopic (exact) mass is 452 g/mol. The molecule has 0 saturated carbocycles. The van der Waals surface area contributed by atoms with Gasteiger partial charge in [0.2, 0.25) is 11.1 Å². The molecule has 0 aromatic carbocycles. The summed E-state index contributed by atoms with van der Waals surface area (Å²) in [5, 5.41) is -0.943. The Hall–Kier alpha value is -1.41. The second-order valence-electron chi connectivity index (χ2n) is 8.64. The fourth-order valence-electron chi connectivity index (χ4n) is 1.70. The van der Waals surface area contributed by atoms with E-state index in [1.165, 1.54) is 0 Å². The first-order valence-electron chi connectivity index (χ1n) is 10.1. The molecule has 1 atom stereocenters. The van der Waals surface area contributed by atoms with Gasteiger partial charge in [0.15, 0.2) is 0 Å². The predicted molar refractivity (Wildman–Crippen MR) is 111 cm³/mol. The molecule has 0 saturated heterocycles. The number of ether oxygens (including phenoxy) is 3. The minimum Gasteiger partial charge on any atom is -0.485 e. The van der Waals surface area contributed by atoms with E-state index in [0.717, 1.165) is 0 Å². The van der Waals surface area contributed by atoms with E-state index >= 15 is 0 Å². The van der Waals surface area contributed by atoms with Crippen LogP contribution < -0.4 is 0 Å². The fraction of sp³-hybridized carbons (Fsp3) is 0.800. The van der Waals surface area contributed by atoms with Crippen molar-refractivity contribution in [2.45, 2.75) is 55.4 Å². The van der Waals surface area contributed by atoms with Crippen molar-refractivity contribution in [1.82, 2.24) is 0 Å². The Bertz CT molecular complexity index is 624. The van der Waals surface area contributed by atoms with Gasteiger partial charge in [-0.25, -0.2) is 14.5 Å². The summed E-state index contributed by atoms with van der Waals surface area (Å²) in [5.41, 5.74) is 0. The highest BCUT2D eigenvalue weighted by atomic mass is 31.2. The molecule has 0 aliphatic heterocycles. The normalized spacial score (nSPS) is 14.7. The number of hydrogen-bond donors (Lipinski definition) is 1. The minimum absolute atomic E-state index is 0.0000757. The van der Waals surface area contributed by atoms with Crippen LogP contribution in [0.3, 0.4) is 0 Å². The van der Waals surface area contributed by atoms with Crippen LogP contribution in [0, 0.1) is 23.7 Å². The van der Waals surface area contributed by atoms with E-state index < -0.39 is 30.6 Å². The van der Waals surface area contributed by atoms with Gasteiger partial charge in [-0.05, 0) is 23.7 Å². The highest BCUT2D eigenvalue weighted by Gasteiger charge is 2.42. The van der Waals surface area contributed by atoms with Crippen molar-refractivity contribution in [1.29, 1.82) is 0 Å². The zero-order chi connectivity index (χ0) is 23.5. The van der Waals surface area contributed by atoms with Gasteiger partial charge in [0.1, 0.15) is 0 Å². The molecule has 0 fully saturated rings. The lowest BCUT2D eigenvalue weighted by atomic mass is 10.2. The van der Waals surface area contributed by atoms with Crippen LogP contribution in [0.15, 0.2) is 11.1 Å². The summed E-state index contributed by atoms with van der Waals surface area (Å²) in [6.07, 6.45) is 0. The summed E-state index contributed by atoms with van der Waals surface area (Å²) in [5.74, 6) is -3.05. The van der Waals surface area contributed by atoms with E-state index in [-0.39, 0.29) is 50.1 Å². The van der Waals surface area contributed by atoms with Crippen molar-refractivity contribution in [3.8, 4) is 0 Å². The molecule has 1 unspecified atom stereocenters. The number of carbonyl (C=O) groups is 2. The molecule has 0 heterocycles. The van der Waals surface area contributed by atoms with E-state index in [0.29, 0.717) is 0 Å². The van der Waals surface area contributed by atoms with Gasteiger partial charge in [0.25, 0.3) is 0 Å². The molecule has 10 heteroatoms. The average molecular weight is 452 g/mol. The van der Waals surface area contributed by atoms with E-state index in [2.05, 4.69) is 4.67 Å². The first kappa shape index (κ1) is 28.6. The number of rotatable bonds is 14. The first-order chi connectivity index (χ1) is 13.8. The van der Waals surface area contributed by atoms with Crippen LogP contribution in [0.25, 0.3) is 0 Å². The van der Waals surface area contributed by atoms with Gasteiger partial charge >= 0.3 is 19.5 Å². The van der Waals surface area contributed by atoms with Crippen molar-refractivity contribution < 1.29 is 42.8 Å². The van der Waals surface area contributed by atoms with Crippen LogP contribution in [0.1, 0.15) is 55.4 Å². The van der Waals surface area contributed by atoms with Gasteiger partial charge in [-0.15, -0.1) is 4.67 Å². The maximum Gasteiger partial charge on any atom is 0.397 e. The van der Waals surface area contributed by atoms with E-state index in [1.54, 1.807) is 27.7 Å². The number of hydrogen-bond acceptors (Lipinski definition) is 8. The lowest BCUT2D eigenvalue weighted by molar-refractivity contribution is -0.219. The third-order valence-electron chi connectivity index (χ3n) is 3.09. The molecule has 0 aliphatic rings. The Balaban J connectivity index is 6.14. The molecule has 0 amide bonds. The van der Waals surface area contributed by atoms with Gasteiger partial charge in [0, 0.05) is 0 Å². The van der Waals surface area contributed by atoms with Crippen molar-refractivity contribution in [2.75, 3.05) is 26.4 Å². The Morgan fingerprint density at radius 3 is 1.53 bits per heavy atom. The minimum atomic E-state index is -4.94. The Morgan fingerprint density at radius 1 is 0.700 bits per heavy atom. The molecular formula is C20H37O9P. The molecule has 0 aromatic heterocycles. The molecule has 176 valence electrons. The predicted octanol–water partition coefficient (Wildman–Crippen LogP) is 4.06. The lowest BCUT2D eigenvalue weighted by Gasteiger charge is -2.20. The topological polar surface area (TPSA) is 118 Å². The lowest BCUT2D eigenvalue weighted by Crippen LogP contribution is -2.23. The highest BCUT2D eigenvalue weighted by Crippen LogP contribution is 2.53. The Kier molecular flexibility index (Phi) is 13.2. The molecular weight excluding hydrogens is 415 g/mol. The summed E-state index contributed by atoms with van der Waals surface area (Å²) >= 11 is 0. The largest absolute Gasteiger partial charge is 0.485 e. The second-order valence-corrected chi connectivity index (χ2v) is 10.3. The number of carbonyl (C=O) groups excluding carboxylic acids is 2. The highest BCUT2D eigenvalue weighted by molar-refractivity contribution is 7.58. The van der Waals surface area contributed by atoms with Crippen LogP contribution in [0.2, 0.25) is 0 Å². The van der Waals surface area contributed by atoms with Crippen molar-refractivity contribution >= 4 is 19.5 Å². The van der Waals surface area contributed by atoms with Crippen LogP contribution in [-0.2, 0) is 37.9 Å². The molecule has 1 N–H and O–H groups in total. The quantitative estimate of drug-likeness (QED) is 0.104. The molecule has 0 rings (SSSR count).